The van der Waals surface area contributed by atoms with Gasteiger partial charge in [-0.1, -0.05) is 0 Å². The Morgan fingerprint density at radius 1 is 1.43 bits per heavy atom. The van der Waals surface area contributed by atoms with Crippen LogP contribution in [0.5, 0.6) is 5.75 Å². The molecule has 0 bridgehead atoms. The van der Waals surface area contributed by atoms with Gasteiger partial charge in [-0.3, -0.25) is 4.79 Å². The Labute approximate surface area is 128 Å². The first-order chi connectivity index (χ1) is 9.49. The first-order valence-electron chi connectivity index (χ1n) is 6.62. The number of nitrogens with zero attached hydrogens (tertiary/aromatic N) is 1. The van der Waals surface area contributed by atoms with Crippen molar-refractivity contribution < 1.29 is 18.3 Å². The first-order valence-corrected chi connectivity index (χ1v) is 6.62. The molecule has 1 fully saturated rings. The van der Waals surface area contributed by atoms with Crippen molar-refractivity contribution in [2.45, 2.75) is 26.0 Å². The zero-order valence-electron chi connectivity index (χ0n) is 11.9. The van der Waals surface area contributed by atoms with E-state index in [0.717, 1.165) is 25.2 Å². The number of carbonyl (C=O) groups is 1. The molecule has 1 amide bonds. The van der Waals surface area contributed by atoms with Gasteiger partial charge in [-0.05, 0) is 26.0 Å². The van der Waals surface area contributed by atoms with Crippen molar-refractivity contribution in [2.75, 3.05) is 19.6 Å². The van der Waals surface area contributed by atoms with E-state index < -0.39 is 17.7 Å². The summed E-state index contributed by atoms with van der Waals surface area (Å²) >= 11 is 0. The molecule has 1 unspecified atom stereocenters. The summed E-state index contributed by atoms with van der Waals surface area (Å²) in [4.78, 5) is 14.0. The minimum Gasteiger partial charge on any atom is -0.481 e. The van der Waals surface area contributed by atoms with Crippen molar-refractivity contribution in [2.24, 2.45) is 0 Å². The number of hydrogen-bond donors (Lipinski definition) is 1. The van der Waals surface area contributed by atoms with Crippen LogP contribution in [0, 0.1) is 11.6 Å². The number of halogens is 3. The fraction of sp³-hybridized carbons (Fsp3) is 0.500. The Morgan fingerprint density at radius 2 is 2.14 bits per heavy atom. The summed E-state index contributed by atoms with van der Waals surface area (Å²) in [6.45, 7) is 5.66. The van der Waals surface area contributed by atoms with Gasteiger partial charge in [0.2, 0.25) is 0 Å². The number of ether oxygens (including phenoxy) is 1. The van der Waals surface area contributed by atoms with E-state index in [1.807, 2.05) is 6.92 Å². The van der Waals surface area contributed by atoms with Crippen molar-refractivity contribution in [3.05, 3.63) is 29.8 Å². The largest absolute Gasteiger partial charge is 0.481 e. The van der Waals surface area contributed by atoms with Gasteiger partial charge < -0.3 is 15.0 Å². The van der Waals surface area contributed by atoms with Crippen molar-refractivity contribution >= 4 is 18.3 Å². The lowest BCUT2D eigenvalue weighted by Crippen LogP contribution is -2.55. The molecule has 1 saturated heterocycles. The highest BCUT2D eigenvalue weighted by atomic mass is 35.5. The van der Waals surface area contributed by atoms with Gasteiger partial charge in [-0.25, -0.2) is 8.78 Å². The highest BCUT2D eigenvalue weighted by Crippen LogP contribution is 2.18. The monoisotopic (exact) mass is 320 g/mol. The number of nitrogens with one attached hydrogen (secondary N) is 1. The quantitative estimate of drug-likeness (QED) is 0.926. The van der Waals surface area contributed by atoms with E-state index in [4.69, 9.17) is 4.74 Å². The van der Waals surface area contributed by atoms with Crippen LogP contribution < -0.4 is 10.1 Å². The van der Waals surface area contributed by atoms with Crippen molar-refractivity contribution in [3.63, 3.8) is 0 Å². The summed E-state index contributed by atoms with van der Waals surface area (Å²) in [7, 11) is 0. The average Bonchev–Trinajstić information content (AvgIpc) is 2.42. The minimum absolute atomic E-state index is 0. The second kappa shape index (κ2) is 7.56. The summed E-state index contributed by atoms with van der Waals surface area (Å²) < 4.78 is 31.3. The molecule has 2 rings (SSSR count). The van der Waals surface area contributed by atoms with Gasteiger partial charge in [0.25, 0.3) is 5.91 Å². The van der Waals surface area contributed by atoms with Crippen LogP contribution in [0.25, 0.3) is 0 Å². The summed E-state index contributed by atoms with van der Waals surface area (Å²) in [5.41, 5.74) is 0. The summed E-state index contributed by atoms with van der Waals surface area (Å²) in [6.07, 6.45) is -0.736. The molecule has 0 aromatic heterocycles. The molecule has 0 radical (unpaired) electrons. The number of carbonyl (C=O) groups excluding carboxylic acids is 1. The SMILES string of the molecule is CC(Oc1ccc(F)c(F)c1)C(=O)N1CCNC[C@H]1C.Cl. The second-order valence-corrected chi connectivity index (χ2v) is 4.92. The molecule has 4 nitrogen and oxygen atoms in total. The lowest BCUT2D eigenvalue weighted by molar-refractivity contribution is -0.140. The maximum atomic E-state index is 13.1. The van der Waals surface area contributed by atoms with Crippen LogP contribution in [0.3, 0.4) is 0 Å². The Hall–Kier alpha value is -1.40. The molecule has 1 aromatic rings. The van der Waals surface area contributed by atoms with Crippen LogP contribution in [0.15, 0.2) is 18.2 Å². The lowest BCUT2D eigenvalue weighted by atomic mass is 10.2. The zero-order chi connectivity index (χ0) is 14.7. The molecule has 7 heteroatoms. The molecule has 2 atom stereocenters. The molecule has 0 spiro atoms. The maximum absolute atomic E-state index is 13.1. The van der Waals surface area contributed by atoms with Gasteiger partial charge in [0, 0.05) is 31.7 Å². The Morgan fingerprint density at radius 3 is 2.76 bits per heavy atom. The smallest absolute Gasteiger partial charge is 0.263 e. The van der Waals surface area contributed by atoms with Gasteiger partial charge in [0.1, 0.15) is 5.75 Å². The molecule has 1 heterocycles. The maximum Gasteiger partial charge on any atom is 0.263 e. The molecular formula is C14H19ClF2N2O2. The molecule has 1 N–H and O–H groups in total. The summed E-state index contributed by atoms with van der Waals surface area (Å²) in [5, 5.41) is 3.20. The van der Waals surface area contributed by atoms with Crippen LogP contribution in [-0.2, 0) is 4.79 Å². The van der Waals surface area contributed by atoms with Crippen LogP contribution in [0.1, 0.15) is 13.8 Å². The summed E-state index contributed by atoms with van der Waals surface area (Å²) in [6, 6.07) is 3.33. The molecule has 118 valence electrons. The van der Waals surface area contributed by atoms with Gasteiger partial charge >= 0.3 is 0 Å². The first kappa shape index (κ1) is 17.7. The molecule has 1 aliphatic heterocycles. The van der Waals surface area contributed by atoms with Crippen molar-refractivity contribution in [1.82, 2.24) is 10.2 Å². The Bertz CT molecular complexity index is 502. The highest BCUT2D eigenvalue weighted by Gasteiger charge is 2.28. The van der Waals surface area contributed by atoms with Crippen LogP contribution in [-0.4, -0.2) is 42.6 Å². The predicted octanol–water partition coefficient (Wildman–Crippen LogP) is 1.97. The third-order valence-corrected chi connectivity index (χ3v) is 3.34. The molecule has 0 aliphatic carbocycles. The number of benzene rings is 1. The molecule has 1 aliphatic rings. The van der Waals surface area contributed by atoms with Gasteiger partial charge in [-0.2, -0.15) is 0 Å². The number of amides is 1. The van der Waals surface area contributed by atoms with E-state index >= 15 is 0 Å². The Balaban J connectivity index is 0.00000220. The normalized spacial score (nSPS) is 19.6. The van der Waals surface area contributed by atoms with E-state index in [9.17, 15) is 13.6 Å². The number of piperazine rings is 1. The highest BCUT2D eigenvalue weighted by molar-refractivity contribution is 5.85. The van der Waals surface area contributed by atoms with E-state index in [-0.39, 0.29) is 30.1 Å². The van der Waals surface area contributed by atoms with E-state index in [2.05, 4.69) is 5.32 Å². The van der Waals surface area contributed by atoms with Crippen LogP contribution >= 0.6 is 12.4 Å². The number of hydrogen-bond acceptors (Lipinski definition) is 3. The zero-order valence-corrected chi connectivity index (χ0v) is 12.8. The predicted molar refractivity (Wildman–Crippen MR) is 77.7 cm³/mol. The lowest BCUT2D eigenvalue weighted by Gasteiger charge is -2.35. The standard InChI is InChI=1S/C14H18F2N2O2.ClH/c1-9-8-17-5-6-18(9)14(19)10(2)20-11-3-4-12(15)13(16)7-11;/h3-4,7,9-10,17H,5-6,8H2,1-2H3;1H/t9-,10?;/m1./s1. The van der Waals surface area contributed by atoms with E-state index in [1.54, 1.807) is 11.8 Å². The van der Waals surface area contributed by atoms with Crippen LogP contribution in [0.2, 0.25) is 0 Å². The second-order valence-electron chi connectivity index (χ2n) is 4.92. The van der Waals surface area contributed by atoms with Gasteiger partial charge in [-0.15, -0.1) is 12.4 Å². The minimum atomic E-state index is -0.988. The van der Waals surface area contributed by atoms with Crippen molar-refractivity contribution in [1.29, 1.82) is 0 Å². The van der Waals surface area contributed by atoms with Gasteiger partial charge in [0.05, 0.1) is 0 Å². The fourth-order valence-corrected chi connectivity index (χ4v) is 2.21. The molecule has 21 heavy (non-hydrogen) atoms. The average molecular weight is 321 g/mol. The molecular weight excluding hydrogens is 302 g/mol. The molecule has 1 aromatic carbocycles. The third-order valence-electron chi connectivity index (χ3n) is 3.34. The van der Waals surface area contributed by atoms with Crippen molar-refractivity contribution in [3.8, 4) is 5.75 Å². The Kier molecular flexibility index (Phi) is 6.36. The fourth-order valence-electron chi connectivity index (χ4n) is 2.21. The molecule has 0 saturated carbocycles. The van der Waals surface area contributed by atoms with Gasteiger partial charge in [0.15, 0.2) is 17.7 Å². The topological polar surface area (TPSA) is 41.6 Å². The number of rotatable bonds is 3. The van der Waals surface area contributed by atoms with E-state index in [0.29, 0.717) is 6.54 Å². The van der Waals surface area contributed by atoms with Crippen LogP contribution in [0.4, 0.5) is 8.78 Å². The summed E-state index contributed by atoms with van der Waals surface area (Å²) in [5.74, 6) is -1.93. The van der Waals surface area contributed by atoms with E-state index in [1.165, 1.54) is 6.07 Å². The third kappa shape index (κ3) is 4.28.